The molecule has 0 aliphatic carbocycles. The minimum Gasteiger partial charge on any atom is -0.357 e. The van der Waals surface area contributed by atoms with Gasteiger partial charge in [0.15, 0.2) is 0 Å². The number of aryl methyl sites for hydroxylation is 1. The second kappa shape index (κ2) is 6.72. The van der Waals surface area contributed by atoms with Crippen LogP contribution in [0, 0.1) is 6.92 Å². The van der Waals surface area contributed by atoms with Gasteiger partial charge in [-0.25, -0.2) is 4.79 Å². The molecule has 2 aromatic heterocycles. The Labute approximate surface area is 149 Å². The number of hydrogen-bond acceptors (Lipinski definition) is 4. The molecule has 0 saturated carbocycles. The predicted molar refractivity (Wildman–Crippen MR) is 98.6 cm³/mol. The van der Waals surface area contributed by atoms with E-state index in [1.165, 1.54) is 0 Å². The number of aromatic nitrogens is 3. The average molecular weight is 347 g/mol. The van der Waals surface area contributed by atoms with Crippen LogP contribution < -0.4 is 10.6 Å². The molecule has 0 fully saturated rings. The topological polar surface area (TPSA) is 95.8 Å². The van der Waals surface area contributed by atoms with Crippen molar-refractivity contribution in [3.05, 3.63) is 66.2 Å². The molecule has 4 aromatic rings. The van der Waals surface area contributed by atoms with Gasteiger partial charge in [0.1, 0.15) is 0 Å². The molecule has 2 aromatic carbocycles. The van der Waals surface area contributed by atoms with Crippen molar-refractivity contribution in [2.45, 2.75) is 13.5 Å². The zero-order valence-electron chi connectivity index (χ0n) is 14.1. The number of urea groups is 1. The molecule has 0 aliphatic heterocycles. The van der Waals surface area contributed by atoms with Gasteiger partial charge in [-0.1, -0.05) is 35.5 Å². The van der Waals surface area contributed by atoms with Gasteiger partial charge in [0, 0.05) is 29.4 Å². The summed E-state index contributed by atoms with van der Waals surface area (Å²) in [5.74, 6) is 0.985. The summed E-state index contributed by atoms with van der Waals surface area (Å²) >= 11 is 0. The van der Waals surface area contributed by atoms with Gasteiger partial charge >= 0.3 is 6.03 Å². The van der Waals surface area contributed by atoms with Crippen molar-refractivity contribution >= 4 is 22.6 Å². The number of fused-ring (bicyclic) bond motifs is 1. The van der Waals surface area contributed by atoms with Crippen LogP contribution in [-0.4, -0.2) is 21.2 Å². The molecular formula is C19H17N5O2. The monoisotopic (exact) mass is 347 g/mol. The molecule has 2 heterocycles. The highest BCUT2D eigenvalue weighted by Crippen LogP contribution is 2.20. The lowest BCUT2D eigenvalue weighted by molar-refractivity contribution is 0.251. The van der Waals surface area contributed by atoms with Crippen LogP contribution in [0.1, 0.15) is 11.6 Å². The van der Waals surface area contributed by atoms with Crippen LogP contribution in [0.5, 0.6) is 0 Å². The summed E-state index contributed by atoms with van der Waals surface area (Å²) < 4.78 is 4.99. The number of carbonyl (C=O) groups excluding carboxylic acids is 1. The van der Waals surface area contributed by atoms with E-state index in [4.69, 9.17) is 4.52 Å². The number of para-hydroxylation sites is 1. The minimum atomic E-state index is -0.287. The third-order valence-corrected chi connectivity index (χ3v) is 3.93. The maximum Gasteiger partial charge on any atom is 0.319 e. The number of benzene rings is 2. The van der Waals surface area contributed by atoms with Gasteiger partial charge in [-0.15, -0.1) is 0 Å². The van der Waals surface area contributed by atoms with Crippen LogP contribution in [0.25, 0.3) is 22.3 Å². The van der Waals surface area contributed by atoms with Gasteiger partial charge in [-0.2, -0.15) is 4.98 Å². The van der Waals surface area contributed by atoms with Crippen LogP contribution in [0.3, 0.4) is 0 Å². The fraction of sp³-hybridized carbons (Fsp3) is 0.105. The summed E-state index contributed by atoms with van der Waals surface area (Å²) in [6.07, 6.45) is 0. The molecule has 0 spiro atoms. The Morgan fingerprint density at radius 3 is 2.85 bits per heavy atom. The van der Waals surface area contributed by atoms with Gasteiger partial charge < -0.3 is 20.1 Å². The lowest BCUT2D eigenvalue weighted by atomic mass is 10.2. The zero-order valence-corrected chi connectivity index (χ0v) is 14.1. The first-order chi connectivity index (χ1) is 12.7. The van der Waals surface area contributed by atoms with E-state index in [2.05, 4.69) is 25.8 Å². The van der Waals surface area contributed by atoms with Crippen LogP contribution in [0.15, 0.2) is 59.1 Å². The van der Waals surface area contributed by atoms with Crippen molar-refractivity contribution in [2.24, 2.45) is 0 Å². The molecule has 0 radical (unpaired) electrons. The van der Waals surface area contributed by atoms with Gasteiger partial charge in [0.25, 0.3) is 0 Å². The smallest absolute Gasteiger partial charge is 0.319 e. The number of nitrogens with zero attached hydrogens (tertiary/aromatic N) is 2. The van der Waals surface area contributed by atoms with E-state index in [-0.39, 0.29) is 6.03 Å². The van der Waals surface area contributed by atoms with Crippen molar-refractivity contribution < 1.29 is 9.32 Å². The quantitative estimate of drug-likeness (QED) is 0.522. The van der Waals surface area contributed by atoms with E-state index in [1.807, 2.05) is 42.5 Å². The molecule has 0 atom stereocenters. The Bertz CT molecular complexity index is 1030. The first-order valence-corrected chi connectivity index (χ1v) is 8.19. The summed E-state index contributed by atoms with van der Waals surface area (Å²) in [6.45, 7) is 2.14. The van der Waals surface area contributed by atoms with Crippen LogP contribution in [0.2, 0.25) is 0 Å². The fourth-order valence-electron chi connectivity index (χ4n) is 2.73. The summed E-state index contributed by atoms with van der Waals surface area (Å²) in [5.41, 5.74) is 3.42. The summed E-state index contributed by atoms with van der Waals surface area (Å²) in [5, 5.41) is 10.7. The molecule has 7 nitrogen and oxygen atoms in total. The van der Waals surface area contributed by atoms with Gasteiger partial charge in [-0.3, -0.25) is 0 Å². The lowest BCUT2D eigenvalue weighted by Crippen LogP contribution is -2.28. The Balaban J connectivity index is 1.40. The van der Waals surface area contributed by atoms with Crippen LogP contribution >= 0.6 is 0 Å². The third-order valence-electron chi connectivity index (χ3n) is 3.93. The Kier molecular flexibility index (Phi) is 4.10. The second-order valence-electron chi connectivity index (χ2n) is 5.91. The molecule has 3 N–H and O–H groups in total. The fourth-order valence-corrected chi connectivity index (χ4v) is 2.73. The SMILES string of the molecule is Cc1nc(-c2cccc(NC(=O)NCc3cc4ccccc4[nH]3)c2)no1. The number of rotatable bonds is 4. The molecule has 0 bridgehead atoms. The molecule has 2 amide bonds. The van der Waals surface area contributed by atoms with Crippen molar-refractivity contribution in [3.63, 3.8) is 0 Å². The number of nitrogens with one attached hydrogen (secondary N) is 3. The number of aromatic amines is 1. The minimum absolute atomic E-state index is 0.287. The molecule has 130 valence electrons. The first-order valence-electron chi connectivity index (χ1n) is 8.19. The van der Waals surface area contributed by atoms with Gasteiger partial charge in [0.05, 0.1) is 6.54 Å². The third kappa shape index (κ3) is 3.41. The molecular weight excluding hydrogens is 330 g/mol. The zero-order chi connectivity index (χ0) is 17.9. The highest BCUT2D eigenvalue weighted by molar-refractivity contribution is 5.90. The Morgan fingerprint density at radius 2 is 2.04 bits per heavy atom. The predicted octanol–water partition coefficient (Wildman–Crippen LogP) is 3.85. The first kappa shape index (κ1) is 15.9. The molecule has 4 rings (SSSR count). The van der Waals surface area contributed by atoms with Crippen molar-refractivity contribution in [1.29, 1.82) is 0 Å². The number of amides is 2. The lowest BCUT2D eigenvalue weighted by Gasteiger charge is -2.07. The van der Waals surface area contributed by atoms with Crippen molar-refractivity contribution in [1.82, 2.24) is 20.4 Å². The maximum absolute atomic E-state index is 12.2. The summed E-state index contributed by atoms with van der Waals surface area (Å²) in [7, 11) is 0. The van der Waals surface area contributed by atoms with Crippen LogP contribution in [0.4, 0.5) is 10.5 Å². The summed E-state index contributed by atoms with van der Waals surface area (Å²) in [4.78, 5) is 19.6. The van der Waals surface area contributed by atoms with Crippen molar-refractivity contribution in [3.8, 4) is 11.4 Å². The second-order valence-corrected chi connectivity index (χ2v) is 5.91. The number of carbonyl (C=O) groups is 1. The number of H-pyrrole nitrogens is 1. The van der Waals surface area contributed by atoms with E-state index in [9.17, 15) is 4.79 Å². The van der Waals surface area contributed by atoms with Crippen molar-refractivity contribution in [2.75, 3.05) is 5.32 Å². The molecule has 7 heteroatoms. The molecule has 0 saturated heterocycles. The normalized spacial score (nSPS) is 10.8. The van der Waals surface area contributed by atoms with Gasteiger partial charge in [-0.05, 0) is 29.7 Å². The Morgan fingerprint density at radius 1 is 1.15 bits per heavy atom. The average Bonchev–Trinajstić information content (AvgIpc) is 3.26. The van der Waals surface area contributed by atoms with E-state index in [0.29, 0.717) is 23.9 Å². The number of hydrogen-bond donors (Lipinski definition) is 3. The highest BCUT2D eigenvalue weighted by Gasteiger charge is 2.08. The highest BCUT2D eigenvalue weighted by atomic mass is 16.5. The van der Waals surface area contributed by atoms with Crippen LogP contribution in [-0.2, 0) is 6.54 Å². The molecule has 0 unspecified atom stereocenters. The maximum atomic E-state index is 12.2. The van der Waals surface area contributed by atoms with E-state index in [1.54, 1.807) is 19.1 Å². The standard InChI is InChI=1S/C19H17N5O2/c1-12-21-18(24-26-12)14-6-4-7-15(10-14)23-19(25)20-11-16-9-13-5-2-3-8-17(13)22-16/h2-10,22H,11H2,1H3,(H2,20,23,25). The molecule has 0 aliphatic rings. The summed E-state index contributed by atoms with van der Waals surface area (Å²) in [6, 6.07) is 17.0. The van der Waals surface area contributed by atoms with Gasteiger partial charge in [0.2, 0.25) is 11.7 Å². The number of anilines is 1. The Hall–Kier alpha value is -3.61. The van der Waals surface area contributed by atoms with E-state index >= 15 is 0 Å². The van der Waals surface area contributed by atoms with E-state index in [0.717, 1.165) is 22.2 Å². The van der Waals surface area contributed by atoms with E-state index < -0.39 is 0 Å². The molecule has 26 heavy (non-hydrogen) atoms. The largest absolute Gasteiger partial charge is 0.357 e.